The molecule has 0 N–H and O–H groups in total. The van der Waals surface area contributed by atoms with E-state index in [0.717, 1.165) is 16.7 Å². The second-order valence-corrected chi connectivity index (χ2v) is 10.9. The van der Waals surface area contributed by atoms with Gasteiger partial charge in [0.25, 0.3) is 0 Å². The molecule has 0 amide bonds. The van der Waals surface area contributed by atoms with Gasteiger partial charge in [0.15, 0.2) is 0 Å². The van der Waals surface area contributed by atoms with Gasteiger partial charge in [-0.15, -0.1) is 0 Å². The number of carbonyl (C=O) groups is 1. The fraction of sp³-hybridized carbons (Fsp3) is 0.406. The van der Waals surface area contributed by atoms with Gasteiger partial charge in [-0.1, -0.05) is 20.8 Å². The summed E-state index contributed by atoms with van der Waals surface area (Å²) in [5.74, 6) is 2.58. The monoisotopic (exact) mass is 520 g/mol. The van der Waals surface area contributed by atoms with E-state index in [-0.39, 0.29) is 17.6 Å². The first kappa shape index (κ1) is 28.9. The molecule has 0 aliphatic rings. The summed E-state index contributed by atoms with van der Waals surface area (Å²) in [6.07, 6.45) is -0.0352. The Bertz CT molecular complexity index is 1280. The first-order valence-electron chi connectivity index (χ1n) is 12.9. The summed E-state index contributed by atoms with van der Waals surface area (Å²) in [7, 11) is 3.23. The maximum Gasteiger partial charge on any atom is 0.344 e. The molecular weight excluding hydrogens is 480 g/mol. The summed E-state index contributed by atoms with van der Waals surface area (Å²) in [5.41, 5.74) is 3.34. The first-order valence-corrected chi connectivity index (χ1v) is 12.9. The lowest BCUT2D eigenvalue weighted by Crippen LogP contribution is -2.17. The van der Waals surface area contributed by atoms with Crippen molar-refractivity contribution in [3.63, 3.8) is 0 Å². The third-order valence-corrected chi connectivity index (χ3v) is 5.91. The van der Waals surface area contributed by atoms with E-state index in [1.165, 1.54) is 0 Å². The minimum atomic E-state index is -0.492. The van der Waals surface area contributed by atoms with E-state index in [1.54, 1.807) is 32.4 Å². The highest BCUT2D eigenvalue weighted by Gasteiger charge is 2.25. The van der Waals surface area contributed by atoms with Crippen LogP contribution in [-0.4, -0.2) is 32.4 Å². The molecule has 3 aromatic carbocycles. The summed E-state index contributed by atoms with van der Waals surface area (Å²) in [6.45, 7) is 16.0. The van der Waals surface area contributed by atoms with Gasteiger partial charge in [0.1, 0.15) is 28.7 Å². The van der Waals surface area contributed by atoms with E-state index in [0.29, 0.717) is 39.9 Å². The summed E-state index contributed by atoms with van der Waals surface area (Å²) < 4.78 is 29.1. The van der Waals surface area contributed by atoms with E-state index in [9.17, 15) is 4.79 Å². The van der Waals surface area contributed by atoms with Crippen LogP contribution in [0.5, 0.6) is 28.7 Å². The zero-order valence-corrected chi connectivity index (χ0v) is 24.2. The SMILES string of the molecule is COc1ccc(OC(=O)c2cc(OC(C)C)ccc2-c2c(C)cc(OC(C)C)cc2OC)c(C(C)(C)C)c1. The molecule has 0 radical (unpaired) electrons. The highest BCUT2D eigenvalue weighted by Crippen LogP contribution is 2.41. The molecule has 0 aromatic heterocycles. The molecule has 0 heterocycles. The van der Waals surface area contributed by atoms with E-state index in [2.05, 4.69) is 20.8 Å². The molecule has 0 atom stereocenters. The van der Waals surface area contributed by atoms with E-state index in [4.69, 9.17) is 23.7 Å². The fourth-order valence-corrected chi connectivity index (χ4v) is 4.29. The Balaban J connectivity index is 2.16. The fourth-order valence-electron chi connectivity index (χ4n) is 4.29. The summed E-state index contributed by atoms with van der Waals surface area (Å²) in [4.78, 5) is 13.8. The number of hydrogen-bond donors (Lipinski definition) is 0. The van der Waals surface area contributed by atoms with Gasteiger partial charge in [0.05, 0.1) is 32.0 Å². The van der Waals surface area contributed by atoms with Gasteiger partial charge in [0.2, 0.25) is 0 Å². The number of hydrogen-bond acceptors (Lipinski definition) is 6. The number of ether oxygens (including phenoxy) is 5. The smallest absolute Gasteiger partial charge is 0.344 e. The molecule has 0 aliphatic carbocycles. The maximum atomic E-state index is 13.8. The number of benzene rings is 3. The largest absolute Gasteiger partial charge is 0.497 e. The maximum absolute atomic E-state index is 13.8. The summed E-state index contributed by atoms with van der Waals surface area (Å²) in [6, 6.07) is 14.7. The van der Waals surface area contributed by atoms with Crippen molar-refractivity contribution in [3.8, 4) is 39.9 Å². The Morgan fingerprint density at radius 3 is 1.95 bits per heavy atom. The van der Waals surface area contributed by atoms with Crippen molar-refractivity contribution >= 4 is 5.97 Å². The van der Waals surface area contributed by atoms with Crippen LogP contribution < -0.4 is 23.7 Å². The topological polar surface area (TPSA) is 63.2 Å². The Kier molecular flexibility index (Phi) is 8.97. The molecule has 204 valence electrons. The van der Waals surface area contributed by atoms with Gasteiger partial charge in [-0.05, 0) is 88.1 Å². The third kappa shape index (κ3) is 6.80. The zero-order chi connectivity index (χ0) is 28.2. The van der Waals surface area contributed by atoms with Gasteiger partial charge in [-0.3, -0.25) is 0 Å². The van der Waals surface area contributed by atoms with Gasteiger partial charge >= 0.3 is 5.97 Å². The lowest BCUT2D eigenvalue weighted by molar-refractivity contribution is 0.0731. The average molecular weight is 521 g/mol. The molecule has 0 aliphatic heterocycles. The number of aryl methyl sites for hydroxylation is 1. The van der Waals surface area contributed by atoms with Crippen LogP contribution in [0.15, 0.2) is 48.5 Å². The van der Waals surface area contributed by atoms with Gasteiger partial charge in [-0.2, -0.15) is 0 Å². The van der Waals surface area contributed by atoms with Crippen LogP contribution in [0.1, 0.15) is 70.0 Å². The van der Waals surface area contributed by atoms with Crippen molar-refractivity contribution in [2.24, 2.45) is 0 Å². The lowest BCUT2D eigenvalue weighted by Gasteiger charge is -2.23. The molecular formula is C32H40O6. The van der Waals surface area contributed by atoms with Crippen LogP contribution >= 0.6 is 0 Å². The van der Waals surface area contributed by atoms with Crippen molar-refractivity contribution in [2.45, 2.75) is 73.0 Å². The van der Waals surface area contributed by atoms with Crippen molar-refractivity contribution in [1.29, 1.82) is 0 Å². The van der Waals surface area contributed by atoms with Gasteiger partial charge < -0.3 is 23.7 Å². The van der Waals surface area contributed by atoms with E-state index < -0.39 is 5.97 Å². The van der Waals surface area contributed by atoms with E-state index >= 15 is 0 Å². The quantitative estimate of drug-likeness (QED) is 0.212. The molecule has 0 saturated carbocycles. The zero-order valence-electron chi connectivity index (χ0n) is 24.2. The Labute approximate surface area is 226 Å². The average Bonchev–Trinajstić information content (AvgIpc) is 2.82. The molecule has 3 aromatic rings. The molecule has 0 unspecified atom stereocenters. The van der Waals surface area contributed by atoms with Crippen LogP contribution in [-0.2, 0) is 5.41 Å². The lowest BCUT2D eigenvalue weighted by atomic mass is 9.86. The minimum absolute atomic E-state index is 0.0180. The third-order valence-electron chi connectivity index (χ3n) is 5.91. The second kappa shape index (κ2) is 11.8. The van der Waals surface area contributed by atoms with Crippen molar-refractivity contribution in [3.05, 3.63) is 65.2 Å². The Morgan fingerprint density at radius 2 is 1.37 bits per heavy atom. The molecule has 0 saturated heterocycles. The Hall–Kier alpha value is -3.67. The molecule has 0 fully saturated rings. The molecule has 38 heavy (non-hydrogen) atoms. The Morgan fingerprint density at radius 1 is 0.737 bits per heavy atom. The molecule has 0 bridgehead atoms. The highest BCUT2D eigenvalue weighted by molar-refractivity contribution is 6.00. The standard InChI is InChI=1S/C32H40O6/c1-19(2)36-23-11-13-25(30-21(5)15-24(37-20(3)4)18-29(30)35-10)26(16-23)31(33)38-28-14-12-22(34-9)17-27(28)32(6,7)8/h11-20H,1-10H3. The molecule has 0 spiro atoms. The van der Waals surface area contributed by atoms with Crippen LogP contribution in [0.25, 0.3) is 11.1 Å². The van der Waals surface area contributed by atoms with Crippen molar-refractivity contribution < 1.29 is 28.5 Å². The molecule has 6 heteroatoms. The summed E-state index contributed by atoms with van der Waals surface area (Å²) >= 11 is 0. The predicted molar refractivity (Wildman–Crippen MR) is 151 cm³/mol. The highest BCUT2D eigenvalue weighted by atomic mass is 16.5. The predicted octanol–water partition coefficient (Wildman–Crippen LogP) is 7.77. The van der Waals surface area contributed by atoms with Gasteiger partial charge in [0, 0.05) is 22.8 Å². The van der Waals surface area contributed by atoms with Crippen LogP contribution in [0.3, 0.4) is 0 Å². The van der Waals surface area contributed by atoms with Crippen molar-refractivity contribution in [1.82, 2.24) is 0 Å². The molecule has 6 nitrogen and oxygen atoms in total. The number of esters is 1. The minimum Gasteiger partial charge on any atom is -0.497 e. The first-order chi connectivity index (χ1) is 17.8. The number of carbonyl (C=O) groups excluding carboxylic acids is 1. The van der Waals surface area contributed by atoms with Crippen LogP contribution in [0.2, 0.25) is 0 Å². The summed E-state index contributed by atoms with van der Waals surface area (Å²) in [5, 5.41) is 0. The number of rotatable bonds is 9. The van der Waals surface area contributed by atoms with Crippen LogP contribution in [0.4, 0.5) is 0 Å². The number of methoxy groups -OCH3 is 2. The second-order valence-electron chi connectivity index (χ2n) is 10.9. The van der Waals surface area contributed by atoms with Gasteiger partial charge in [-0.25, -0.2) is 4.79 Å². The van der Waals surface area contributed by atoms with E-state index in [1.807, 2.05) is 65.0 Å². The molecule has 3 rings (SSSR count). The van der Waals surface area contributed by atoms with Crippen LogP contribution in [0, 0.1) is 6.92 Å². The van der Waals surface area contributed by atoms with Crippen molar-refractivity contribution in [2.75, 3.05) is 14.2 Å². The normalized spacial score (nSPS) is 11.5.